The summed E-state index contributed by atoms with van der Waals surface area (Å²) >= 11 is 0. The van der Waals surface area contributed by atoms with Gasteiger partial charge >= 0.3 is 0 Å². The van der Waals surface area contributed by atoms with Crippen LogP contribution in [-0.4, -0.2) is 23.4 Å². The molecule has 0 saturated heterocycles. The molecule has 0 aromatic heterocycles. The number of phenols is 2. The van der Waals surface area contributed by atoms with Gasteiger partial charge in [0.1, 0.15) is 34.6 Å². The van der Waals surface area contributed by atoms with Gasteiger partial charge in [-0.25, -0.2) is 8.78 Å². The molecule has 12 aromatic rings. The second kappa shape index (κ2) is 27.6. The van der Waals surface area contributed by atoms with Gasteiger partial charge in [-0.3, -0.25) is 0 Å². The minimum absolute atomic E-state index is 0.0243. The predicted molar refractivity (Wildman–Crippen MR) is 443 cm³/mol. The lowest BCUT2D eigenvalue weighted by molar-refractivity contribution is 0.248. The number of halogens is 2. The van der Waals surface area contributed by atoms with Crippen molar-refractivity contribution in [2.75, 3.05) is 13.2 Å². The summed E-state index contributed by atoms with van der Waals surface area (Å²) in [6.07, 6.45) is 2.01. The summed E-state index contributed by atoms with van der Waals surface area (Å²) in [5.74, 6) is -0.0852. The van der Waals surface area contributed by atoms with Crippen LogP contribution >= 0.6 is 0 Å². The Morgan fingerprint density at radius 1 is 0.276 bits per heavy atom. The van der Waals surface area contributed by atoms with Gasteiger partial charge in [0, 0.05) is 50.9 Å². The first-order valence-electron chi connectivity index (χ1n) is 37.8. The highest BCUT2D eigenvalue weighted by Crippen LogP contribution is 2.56. The van der Waals surface area contributed by atoms with E-state index in [0.717, 1.165) is 112 Å². The van der Waals surface area contributed by atoms with Gasteiger partial charge in [0.15, 0.2) is 0 Å². The molecule has 4 nitrogen and oxygen atoms in total. The zero-order valence-corrected chi connectivity index (χ0v) is 66.5. The summed E-state index contributed by atoms with van der Waals surface area (Å²) in [7, 11) is 0. The molecule has 6 heteroatoms. The summed E-state index contributed by atoms with van der Waals surface area (Å²) in [6.45, 7) is 49.8. The number of hydrogen-bond acceptors (Lipinski definition) is 4. The van der Waals surface area contributed by atoms with Gasteiger partial charge < -0.3 is 19.7 Å². The first-order chi connectivity index (χ1) is 49.0. The second-order valence-electron chi connectivity index (χ2n) is 37.7. The van der Waals surface area contributed by atoms with Crippen LogP contribution in [0.5, 0.6) is 23.0 Å². The van der Waals surface area contributed by atoms with E-state index < -0.39 is 22.5 Å². The van der Waals surface area contributed by atoms with Crippen LogP contribution in [0, 0.1) is 22.5 Å². The first-order valence-corrected chi connectivity index (χ1v) is 37.8. The Hall–Kier alpha value is -9.26. The van der Waals surface area contributed by atoms with Gasteiger partial charge in [-0.1, -0.05) is 262 Å². The number of fused-ring (bicyclic) bond motifs is 4. The molecule has 105 heavy (non-hydrogen) atoms. The molecule has 0 fully saturated rings. The van der Waals surface area contributed by atoms with Gasteiger partial charge in [0.25, 0.3) is 0 Å². The van der Waals surface area contributed by atoms with Crippen LogP contribution in [-0.2, 0) is 32.5 Å². The van der Waals surface area contributed by atoms with Crippen LogP contribution in [0.1, 0.15) is 205 Å². The van der Waals surface area contributed by atoms with Crippen molar-refractivity contribution < 1.29 is 28.5 Å². The molecule has 0 atom stereocenters. The Morgan fingerprint density at radius 2 is 0.562 bits per heavy atom. The van der Waals surface area contributed by atoms with Crippen LogP contribution in [0.3, 0.4) is 0 Å². The molecule has 0 unspecified atom stereocenters. The maximum Gasteiger partial charge on any atom is 0.131 e. The van der Waals surface area contributed by atoms with Crippen molar-refractivity contribution in [1.29, 1.82) is 0 Å². The molecular weight excluding hydrogens is 1290 g/mol. The summed E-state index contributed by atoms with van der Waals surface area (Å²) in [5.41, 5.74) is 14.4. The summed E-state index contributed by atoms with van der Waals surface area (Å²) in [4.78, 5) is 0. The molecule has 544 valence electrons. The fourth-order valence-electron chi connectivity index (χ4n) is 16.5. The Morgan fingerprint density at radius 3 is 0.857 bits per heavy atom. The lowest BCUT2D eigenvalue weighted by Gasteiger charge is -2.34. The lowest BCUT2D eigenvalue weighted by Crippen LogP contribution is -2.25. The molecule has 0 saturated carbocycles. The number of ether oxygens (including phenoxy) is 2. The van der Waals surface area contributed by atoms with Crippen molar-refractivity contribution in [3.63, 3.8) is 0 Å². The van der Waals surface area contributed by atoms with Gasteiger partial charge in [-0.2, -0.15) is 0 Å². The van der Waals surface area contributed by atoms with E-state index in [1.165, 1.54) is 35.4 Å². The quantitative estimate of drug-likeness (QED) is 0.0748. The summed E-state index contributed by atoms with van der Waals surface area (Å²) in [6, 6.07) is 66.1. The smallest absolute Gasteiger partial charge is 0.131 e. The third kappa shape index (κ3) is 15.6. The molecule has 0 heterocycles. The molecule has 0 aliphatic carbocycles. The van der Waals surface area contributed by atoms with Gasteiger partial charge in [0.05, 0.1) is 13.2 Å². The van der Waals surface area contributed by atoms with Crippen molar-refractivity contribution in [3.8, 4) is 89.8 Å². The number of rotatable bonds is 16. The maximum atomic E-state index is 16.3. The zero-order chi connectivity index (χ0) is 76.1. The van der Waals surface area contributed by atoms with E-state index in [-0.39, 0.29) is 57.2 Å². The molecule has 0 aliphatic rings. The molecule has 0 aliphatic heterocycles. The second-order valence-corrected chi connectivity index (χ2v) is 37.7. The standard InChI is InChI=1S/C99H110F2O4/c1-92(2,3)58-98(19,20)66-52-80(90(102)82(54-66)88-72-42-36-62(94(7,8)9)48-76(72)86(60-30-25-23-26-31-60)70-40-34-64(50-78(70)88)96(13,14)15)74-56-68(100)38-44-84(74)104-46-29-47-105-85-45-39-69(101)57-75(85)81-53-67(99(21,22)59-93(4,5)6)55-83(91(81)103)89-73-43-37-63(95(10,11)12)49-77(73)87(61-32-27-24-28-33-61)71-41-35-65(51-79(71)89)97(16,17)18/h23-28,30-45,48-57,102-103H,29,46-47,58-59H2,1-22H3. The van der Waals surface area contributed by atoms with Crippen molar-refractivity contribution in [2.24, 2.45) is 10.8 Å². The lowest BCUT2D eigenvalue weighted by atomic mass is 9.71. The highest BCUT2D eigenvalue weighted by Gasteiger charge is 2.35. The summed E-state index contributed by atoms with van der Waals surface area (Å²) < 4.78 is 46.3. The number of aromatic hydroxyl groups is 2. The zero-order valence-electron chi connectivity index (χ0n) is 66.5. The monoisotopic (exact) mass is 1400 g/mol. The van der Waals surface area contributed by atoms with Crippen molar-refractivity contribution in [1.82, 2.24) is 0 Å². The fraction of sp³-hybridized carbons (Fsp3) is 0.354. The summed E-state index contributed by atoms with van der Waals surface area (Å²) in [5, 5.41) is 35.4. The van der Waals surface area contributed by atoms with E-state index in [2.05, 4.69) is 298 Å². The van der Waals surface area contributed by atoms with Crippen molar-refractivity contribution >= 4 is 43.1 Å². The molecule has 0 radical (unpaired) electrons. The topological polar surface area (TPSA) is 58.9 Å². The molecule has 0 amide bonds. The van der Waals surface area contributed by atoms with Gasteiger partial charge in [0.2, 0.25) is 0 Å². The normalized spacial score (nSPS) is 13.0. The number of hydrogen-bond donors (Lipinski definition) is 2. The van der Waals surface area contributed by atoms with E-state index in [1.807, 2.05) is 12.1 Å². The number of benzene rings is 12. The van der Waals surface area contributed by atoms with Gasteiger partial charge in [-0.05, 0) is 240 Å². The minimum atomic E-state index is -0.468. The fourth-order valence-corrected chi connectivity index (χ4v) is 16.5. The van der Waals surface area contributed by atoms with Crippen LogP contribution in [0.15, 0.2) is 194 Å². The maximum absolute atomic E-state index is 16.3. The SMILES string of the molecule is CC(C)(C)CC(C)(C)c1cc(-c2cc(F)ccc2OCCCOc2ccc(F)cc2-c2cc(C(C)(C)CC(C)(C)C)cc(-c3c4ccc(C(C)(C)C)cc4c(-c4ccccc4)c4ccc(C(C)(C)C)cc34)c2O)c(O)c(-c2c3ccc(C(C)(C)C)cc3c(-c3ccccc3)c3ccc(C(C)(C)C)cc23)c1. The van der Waals surface area contributed by atoms with Crippen LogP contribution in [0.25, 0.3) is 110 Å². The molecule has 2 N–H and O–H groups in total. The Labute approximate surface area is 624 Å². The molecule has 12 rings (SSSR count). The van der Waals surface area contributed by atoms with Crippen LogP contribution in [0.2, 0.25) is 0 Å². The largest absolute Gasteiger partial charge is 0.507 e. The van der Waals surface area contributed by atoms with Crippen LogP contribution in [0.4, 0.5) is 8.78 Å². The van der Waals surface area contributed by atoms with Crippen LogP contribution < -0.4 is 9.47 Å². The minimum Gasteiger partial charge on any atom is -0.507 e. The Balaban J connectivity index is 0.972. The molecular formula is C99H110F2O4. The molecule has 12 aromatic carbocycles. The third-order valence-electron chi connectivity index (χ3n) is 21.4. The van der Waals surface area contributed by atoms with E-state index in [1.54, 1.807) is 12.1 Å². The molecule has 0 bridgehead atoms. The van der Waals surface area contributed by atoms with Crippen molar-refractivity contribution in [2.45, 2.75) is 204 Å². The van der Waals surface area contributed by atoms with E-state index in [4.69, 9.17) is 9.47 Å². The first kappa shape index (κ1) is 75.4. The Kier molecular flexibility index (Phi) is 19.8. The third-order valence-corrected chi connectivity index (χ3v) is 21.4. The number of phenolic OH excluding ortho intramolecular Hbond substituents is 2. The Bertz CT molecular complexity index is 4970. The highest BCUT2D eigenvalue weighted by molar-refractivity contribution is 6.24. The van der Waals surface area contributed by atoms with E-state index in [9.17, 15) is 10.2 Å². The highest BCUT2D eigenvalue weighted by atomic mass is 19.1. The van der Waals surface area contributed by atoms with E-state index >= 15 is 8.78 Å². The molecule has 0 spiro atoms. The average molecular weight is 1400 g/mol. The average Bonchev–Trinajstić information content (AvgIpc) is 0.722. The van der Waals surface area contributed by atoms with E-state index in [0.29, 0.717) is 51.3 Å². The van der Waals surface area contributed by atoms with Gasteiger partial charge in [-0.15, -0.1) is 0 Å². The predicted octanol–water partition coefficient (Wildman–Crippen LogP) is 28.5. The van der Waals surface area contributed by atoms with Crippen molar-refractivity contribution in [3.05, 3.63) is 239 Å².